The summed E-state index contributed by atoms with van der Waals surface area (Å²) in [5.41, 5.74) is 2.28. The third kappa shape index (κ3) is 6.18. The Kier molecular flexibility index (Phi) is 9.59. The van der Waals surface area contributed by atoms with Gasteiger partial charge in [-0.05, 0) is 48.0 Å². The molecule has 0 saturated heterocycles. The molecule has 0 unspecified atom stereocenters. The molecule has 3 rings (SSSR count). The van der Waals surface area contributed by atoms with E-state index in [9.17, 15) is 9.18 Å². The Balaban J connectivity index is 1.94. The van der Waals surface area contributed by atoms with Crippen LogP contribution in [0.25, 0.3) is 12.2 Å². The molecule has 1 N–H and O–H groups in total. The maximum absolute atomic E-state index is 14.0. The van der Waals surface area contributed by atoms with Gasteiger partial charge < -0.3 is 33.7 Å². The number of ether oxygens (including phenoxy) is 6. The topological polar surface area (TPSA) is 84.5 Å². The molecule has 8 nitrogen and oxygen atoms in total. The smallest absolute Gasteiger partial charge is 0.203 e. The molecule has 0 aliphatic carbocycles. The van der Waals surface area contributed by atoms with Crippen molar-refractivity contribution in [1.82, 2.24) is 0 Å². The average Bonchev–Trinajstić information content (AvgIpc) is 2.95. The predicted molar refractivity (Wildman–Crippen MR) is 145 cm³/mol. The van der Waals surface area contributed by atoms with Gasteiger partial charge in [-0.1, -0.05) is 12.2 Å². The molecule has 0 amide bonds. The molecular formula is C29H30FNO7. The van der Waals surface area contributed by atoms with Gasteiger partial charge in [0.05, 0.1) is 48.3 Å². The second kappa shape index (κ2) is 13.0. The number of methoxy groups -OCH3 is 6. The molecule has 0 bridgehead atoms. The molecule has 0 fully saturated rings. The number of nitrogens with one attached hydrogen (secondary N) is 1. The molecule has 3 aromatic carbocycles. The van der Waals surface area contributed by atoms with Gasteiger partial charge in [0, 0.05) is 23.4 Å². The highest BCUT2D eigenvalue weighted by atomic mass is 19.1. The number of allylic oxidation sites excluding steroid dienone is 1. The first kappa shape index (κ1) is 27.9. The maximum atomic E-state index is 14.0. The Bertz CT molecular complexity index is 1330. The van der Waals surface area contributed by atoms with E-state index in [0.717, 1.165) is 17.2 Å². The quantitative estimate of drug-likeness (QED) is 0.180. The van der Waals surface area contributed by atoms with Crippen LogP contribution >= 0.6 is 0 Å². The normalized spacial score (nSPS) is 10.9. The summed E-state index contributed by atoms with van der Waals surface area (Å²) in [4.78, 5) is 12.6. The van der Waals surface area contributed by atoms with Gasteiger partial charge in [0.25, 0.3) is 0 Å². The summed E-state index contributed by atoms with van der Waals surface area (Å²) in [7, 11) is 9.05. The number of halogens is 1. The summed E-state index contributed by atoms with van der Waals surface area (Å²) in [6.45, 7) is 0. The van der Waals surface area contributed by atoms with Gasteiger partial charge in [-0.25, -0.2) is 4.39 Å². The zero-order chi connectivity index (χ0) is 27.7. The third-order valence-corrected chi connectivity index (χ3v) is 5.62. The molecule has 38 heavy (non-hydrogen) atoms. The van der Waals surface area contributed by atoms with Crippen molar-refractivity contribution in [2.75, 3.05) is 48.0 Å². The Morgan fingerprint density at radius 1 is 0.711 bits per heavy atom. The van der Waals surface area contributed by atoms with Crippen LogP contribution in [0.1, 0.15) is 21.5 Å². The van der Waals surface area contributed by atoms with E-state index in [2.05, 4.69) is 5.32 Å². The van der Waals surface area contributed by atoms with Crippen molar-refractivity contribution in [3.63, 3.8) is 0 Å². The molecular weight excluding hydrogens is 493 g/mol. The minimum absolute atomic E-state index is 0.0632. The van der Waals surface area contributed by atoms with E-state index in [1.54, 1.807) is 27.4 Å². The summed E-state index contributed by atoms with van der Waals surface area (Å²) in [6, 6.07) is 11.3. The number of carbonyl (C=O) groups is 1. The van der Waals surface area contributed by atoms with Gasteiger partial charge in [0.15, 0.2) is 40.3 Å². The summed E-state index contributed by atoms with van der Waals surface area (Å²) < 4.78 is 46.2. The van der Waals surface area contributed by atoms with E-state index in [1.165, 1.54) is 45.7 Å². The van der Waals surface area contributed by atoms with E-state index in [1.807, 2.05) is 30.4 Å². The van der Waals surface area contributed by atoms with Crippen molar-refractivity contribution in [2.24, 2.45) is 0 Å². The zero-order valence-electron chi connectivity index (χ0n) is 22.1. The van der Waals surface area contributed by atoms with Crippen LogP contribution in [0.4, 0.5) is 10.1 Å². The van der Waals surface area contributed by atoms with E-state index >= 15 is 0 Å². The van der Waals surface area contributed by atoms with Gasteiger partial charge in [0.2, 0.25) is 5.75 Å². The molecule has 9 heteroatoms. The van der Waals surface area contributed by atoms with Crippen LogP contribution in [0.15, 0.2) is 54.7 Å². The van der Waals surface area contributed by atoms with Gasteiger partial charge in [-0.15, -0.1) is 0 Å². The number of hydrogen-bond donors (Lipinski definition) is 1. The highest BCUT2D eigenvalue weighted by molar-refractivity contribution is 6.04. The lowest BCUT2D eigenvalue weighted by molar-refractivity contribution is 0.104. The Morgan fingerprint density at radius 2 is 1.32 bits per heavy atom. The summed E-state index contributed by atoms with van der Waals surface area (Å²) in [6.07, 6.45) is 6.48. The lowest BCUT2D eigenvalue weighted by Crippen LogP contribution is -2.01. The highest BCUT2D eigenvalue weighted by Crippen LogP contribution is 2.41. The molecule has 0 aromatic heterocycles. The fourth-order valence-electron chi connectivity index (χ4n) is 3.73. The average molecular weight is 524 g/mol. The van der Waals surface area contributed by atoms with Crippen LogP contribution in [0.2, 0.25) is 0 Å². The van der Waals surface area contributed by atoms with E-state index < -0.39 is 11.6 Å². The van der Waals surface area contributed by atoms with Crippen LogP contribution in [0.3, 0.4) is 0 Å². The van der Waals surface area contributed by atoms with Crippen LogP contribution in [0, 0.1) is 5.82 Å². The van der Waals surface area contributed by atoms with Crippen molar-refractivity contribution >= 4 is 23.6 Å². The molecule has 200 valence electrons. The van der Waals surface area contributed by atoms with Crippen molar-refractivity contribution in [1.29, 1.82) is 0 Å². The van der Waals surface area contributed by atoms with Crippen LogP contribution in [0.5, 0.6) is 34.5 Å². The Labute approximate surface area is 221 Å². The highest BCUT2D eigenvalue weighted by Gasteiger charge is 2.15. The minimum Gasteiger partial charge on any atom is -0.494 e. The number of carbonyl (C=O) groups excluding carboxylic acids is 1. The minimum atomic E-state index is -0.617. The number of hydrogen-bond acceptors (Lipinski definition) is 8. The van der Waals surface area contributed by atoms with Crippen molar-refractivity contribution < 1.29 is 37.6 Å². The first-order chi connectivity index (χ1) is 18.4. The second-order valence-electron chi connectivity index (χ2n) is 7.75. The predicted octanol–water partition coefficient (Wildman–Crippen LogP) is 5.86. The van der Waals surface area contributed by atoms with E-state index in [0.29, 0.717) is 34.4 Å². The van der Waals surface area contributed by atoms with Crippen molar-refractivity contribution in [2.45, 2.75) is 0 Å². The third-order valence-electron chi connectivity index (χ3n) is 5.62. The molecule has 0 saturated carbocycles. The van der Waals surface area contributed by atoms with Gasteiger partial charge in [-0.2, -0.15) is 0 Å². The first-order valence-corrected chi connectivity index (χ1v) is 11.4. The van der Waals surface area contributed by atoms with Crippen molar-refractivity contribution in [3.8, 4) is 34.5 Å². The van der Waals surface area contributed by atoms with E-state index in [-0.39, 0.29) is 11.3 Å². The molecule has 0 radical (unpaired) electrons. The lowest BCUT2D eigenvalue weighted by atomic mass is 10.1. The Morgan fingerprint density at radius 3 is 1.87 bits per heavy atom. The fraction of sp³-hybridized carbons (Fsp3) is 0.207. The van der Waals surface area contributed by atoms with Gasteiger partial charge >= 0.3 is 0 Å². The molecule has 0 aliphatic heterocycles. The summed E-state index contributed by atoms with van der Waals surface area (Å²) in [5, 5.41) is 3.10. The Hall–Kier alpha value is -4.66. The van der Waals surface area contributed by atoms with Crippen LogP contribution < -0.4 is 33.7 Å². The largest absolute Gasteiger partial charge is 0.494 e. The molecule has 0 spiro atoms. The van der Waals surface area contributed by atoms with Gasteiger partial charge in [0.1, 0.15) is 0 Å². The monoisotopic (exact) mass is 523 g/mol. The van der Waals surface area contributed by atoms with Gasteiger partial charge in [-0.3, -0.25) is 4.79 Å². The molecule has 0 aliphatic rings. The molecule has 0 atom stereocenters. The van der Waals surface area contributed by atoms with Crippen molar-refractivity contribution in [3.05, 3.63) is 77.2 Å². The van der Waals surface area contributed by atoms with Crippen LogP contribution in [-0.2, 0) is 0 Å². The fourth-order valence-corrected chi connectivity index (χ4v) is 3.73. The standard InChI is InChI=1S/C29H30FNO7/c1-33-23-11-10-20(17-21(23)30)22(32)13-14-31-27-19(9-12-24(34-2)29(27)38-6)8-7-18-15-25(35-3)28(37-5)26(16-18)36-4/h7-17,31H,1-6H3/b8-7-,14-13-. The first-order valence-electron chi connectivity index (χ1n) is 11.4. The molecule has 0 heterocycles. The number of ketones is 1. The summed E-state index contributed by atoms with van der Waals surface area (Å²) in [5.74, 6) is 1.52. The maximum Gasteiger partial charge on any atom is 0.203 e. The number of anilines is 1. The number of rotatable bonds is 12. The van der Waals surface area contributed by atoms with E-state index in [4.69, 9.17) is 28.4 Å². The number of benzene rings is 3. The lowest BCUT2D eigenvalue weighted by Gasteiger charge is -2.15. The summed E-state index contributed by atoms with van der Waals surface area (Å²) >= 11 is 0. The van der Waals surface area contributed by atoms with Crippen LogP contribution in [-0.4, -0.2) is 48.4 Å². The second-order valence-corrected chi connectivity index (χ2v) is 7.75. The molecule has 3 aromatic rings. The zero-order valence-corrected chi connectivity index (χ0v) is 22.1. The SMILES string of the molecule is COc1ccc(C(=O)/C=C\Nc2c(/C=C\c3cc(OC)c(OC)c(OC)c3)ccc(OC)c2OC)cc1F.